The summed E-state index contributed by atoms with van der Waals surface area (Å²) in [4.78, 5) is 42.6. The first-order valence-corrected chi connectivity index (χ1v) is 11.5. The molecule has 0 unspecified atom stereocenters. The normalized spacial score (nSPS) is 13.0. The lowest BCUT2D eigenvalue weighted by Gasteiger charge is -2.25. The minimum atomic E-state index is -0.668. The average molecular weight is 489 g/mol. The summed E-state index contributed by atoms with van der Waals surface area (Å²) in [6.45, 7) is -0.138. The lowest BCUT2D eigenvalue weighted by Crippen LogP contribution is -2.25. The van der Waals surface area contributed by atoms with Crippen LogP contribution in [0.4, 0.5) is 0 Å². The standard InChI is InChI=1S/C26H20N2O6S/c1-32-22(29)14-28-18-12-11-15(25(31)33-2)13-21(18)35-26(28)27-24(30)23-16-7-3-5-9-19(16)34-20-10-6-4-8-17(20)23/h3-13,23H,14H2,1-2H3. The summed E-state index contributed by atoms with van der Waals surface area (Å²) in [7, 11) is 2.60. The molecular formula is C26H20N2O6S. The summed E-state index contributed by atoms with van der Waals surface area (Å²) >= 11 is 1.20. The highest BCUT2D eigenvalue weighted by atomic mass is 32.1. The minimum Gasteiger partial charge on any atom is -0.468 e. The van der Waals surface area contributed by atoms with Gasteiger partial charge in [-0.15, -0.1) is 0 Å². The number of hydrogen-bond acceptors (Lipinski definition) is 7. The summed E-state index contributed by atoms with van der Waals surface area (Å²) in [5, 5.41) is 0. The van der Waals surface area contributed by atoms with E-state index in [1.54, 1.807) is 22.8 Å². The number of nitrogens with zero attached hydrogens (tertiary/aromatic N) is 2. The van der Waals surface area contributed by atoms with Gasteiger partial charge in [0.15, 0.2) is 4.80 Å². The van der Waals surface area contributed by atoms with Gasteiger partial charge in [-0.05, 0) is 30.3 Å². The van der Waals surface area contributed by atoms with Crippen LogP contribution >= 0.6 is 11.3 Å². The number of thiazole rings is 1. The Labute approximate surface area is 204 Å². The molecule has 0 radical (unpaired) electrons. The van der Waals surface area contributed by atoms with Crippen molar-refractivity contribution in [2.45, 2.75) is 12.5 Å². The van der Waals surface area contributed by atoms with Crippen LogP contribution in [-0.4, -0.2) is 36.6 Å². The maximum Gasteiger partial charge on any atom is 0.337 e. The molecule has 0 aliphatic carbocycles. The third-order valence-corrected chi connectivity index (χ3v) is 6.79. The van der Waals surface area contributed by atoms with Crippen molar-refractivity contribution in [1.82, 2.24) is 4.57 Å². The summed E-state index contributed by atoms with van der Waals surface area (Å²) < 4.78 is 17.9. The Bertz CT molecular complexity index is 1510. The van der Waals surface area contributed by atoms with Crippen LogP contribution in [-0.2, 0) is 25.6 Å². The van der Waals surface area contributed by atoms with Crippen LogP contribution in [0.25, 0.3) is 10.2 Å². The first-order valence-electron chi connectivity index (χ1n) is 10.7. The molecule has 0 atom stereocenters. The summed E-state index contributed by atoms with van der Waals surface area (Å²) in [5.41, 5.74) is 2.44. The second-order valence-electron chi connectivity index (χ2n) is 7.78. The fourth-order valence-electron chi connectivity index (χ4n) is 4.08. The third kappa shape index (κ3) is 4.10. The lowest BCUT2D eigenvalue weighted by atomic mass is 9.87. The second-order valence-corrected chi connectivity index (χ2v) is 8.79. The Morgan fingerprint density at radius 2 is 1.60 bits per heavy atom. The minimum absolute atomic E-state index is 0.138. The van der Waals surface area contributed by atoms with Gasteiger partial charge in [0.25, 0.3) is 5.91 Å². The molecule has 1 aliphatic heterocycles. The van der Waals surface area contributed by atoms with Crippen molar-refractivity contribution in [1.29, 1.82) is 0 Å². The van der Waals surface area contributed by atoms with E-state index in [9.17, 15) is 14.4 Å². The van der Waals surface area contributed by atoms with E-state index in [-0.39, 0.29) is 6.54 Å². The van der Waals surface area contributed by atoms with Crippen molar-refractivity contribution in [2.75, 3.05) is 14.2 Å². The Hall–Kier alpha value is -4.24. The van der Waals surface area contributed by atoms with Gasteiger partial charge in [0, 0.05) is 11.1 Å². The molecule has 0 fully saturated rings. The van der Waals surface area contributed by atoms with Gasteiger partial charge in [-0.3, -0.25) is 9.59 Å². The summed E-state index contributed by atoms with van der Waals surface area (Å²) in [6, 6.07) is 19.7. The molecular weight excluding hydrogens is 468 g/mol. The molecule has 3 aromatic carbocycles. The number of ether oxygens (including phenoxy) is 3. The van der Waals surface area contributed by atoms with Gasteiger partial charge in [-0.25, -0.2) is 4.79 Å². The van der Waals surface area contributed by atoms with E-state index in [1.165, 1.54) is 25.6 Å². The van der Waals surface area contributed by atoms with Crippen LogP contribution < -0.4 is 9.54 Å². The Balaban J connectivity index is 1.67. The molecule has 1 aromatic heterocycles. The number of carbonyl (C=O) groups is 3. The molecule has 0 saturated carbocycles. The van der Waals surface area contributed by atoms with Gasteiger partial charge in [0.2, 0.25) is 0 Å². The Kier molecular flexibility index (Phi) is 5.92. The van der Waals surface area contributed by atoms with Crippen LogP contribution in [0.2, 0.25) is 0 Å². The summed E-state index contributed by atoms with van der Waals surface area (Å²) in [6.07, 6.45) is 0. The van der Waals surface area contributed by atoms with Crippen LogP contribution in [0.5, 0.6) is 11.5 Å². The van der Waals surface area contributed by atoms with Gasteiger partial charge >= 0.3 is 11.9 Å². The molecule has 35 heavy (non-hydrogen) atoms. The molecule has 0 spiro atoms. The average Bonchev–Trinajstić information content (AvgIpc) is 3.22. The zero-order chi connectivity index (χ0) is 24.5. The van der Waals surface area contributed by atoms with Gasteiger partial charge < -0.3 is 18.8 Å². The smallest absolute Gasteiger partial charge is 0.337 e. The second kappa shape index (κ2) is 9.19. The number of benzene rings is 3. The van der Waals surface area contributed by atoms with Crippen LogP contribution in [0, 0.1) is 0 Å². The van der Waals surface area contributed by atoms with E-state index in [2.05, 4.69) is 4.99 Å². The zero-order valence-electron chi connectivity index (χ0n) is 18.9. The highest BCUT2D eigenvalue weighted by Gasteiger charge is 2.32. The number of amides is 1. The molecule has 9 heteroatoms. The molecule has 0 saturated heterocycles. The molecule has 1 amide bonds. The van der Waals surface area contributed by atoms with Gasteiger partial charge in [0.05, 0.1) is 35.9 Å². The van der Waals surface area contributed by atoms with E-state index in [0.717, 1.165) is 0 Å². The number of methoxy groups -OCH3 is 2. The fourth-order valence-corrected chi connectivity index (χ4v) is 5.16. The highest BCUT2D eigenvalue weighted by molar-refractivity contribution is 7.16. The number of fused-ring (bicyclic) bond motifs is 3. The van der Waals surface area contributed by atoms with Gasteiger partial charge in [-0.1, -0.05) is 47.7 Å². The molecule has 0 N–H and O–H groups in total. The number of esters is 2. The maximum atomic E-state index is 13.7. The first kappa shape index (κ1) is 22.5. The van der Waals surface area contributed by atoms with Gasteiger partial charge in [0.1, 0.15) is 18.0 Å². The van der Waals surface area contributed by atoms with Crippen molar-refractivity contribution in [3.05, 3.63) is 88.2 Å². The Morgan fingerprint density at radius 1 is 0.943 bits per heavy atom. The first-order chi connectivity index (χ1) is 17.0. The predicted octanol–water partition coefficient (Wildman–Crippen LogP) is 4.03. The predicted molar refractivity (Wildman–Crippen MR) is 129 cm³/mol. The van der Waals surface area contributed by atoms with E-state index in [0.29, 0.717) is 43.2 Å². The summed E-state index contributed by atoms with van der Waals surface area (Å²) in [5.74, 6) is -0.838. The maximum absolute atomic E-state index is 13.7. The Morgan fingerprint density at radius 3 is 2.23 bits per heavy atom. The number of aromatic nitrogens is 1. The molecule has 1 aliphatic rings. The quantitative estimate of drug-likeness (QED) is 0.403. The molecule has 5 rings (SSSR count). The molecule has 4 aromatic rings. The molecule has 176 valence electrons. The van der Waals surface area contributed by atoms with Crippen LogP contribution in [0.15, 0.2) is 71.7 Å². The van der Waals surface area contributed by atoms with Crippen LogP contribution in [0.1, 0.15) is 27.4 Å². The number of carbonyl (C=O) groups excluding carboxylic acids is 3. The monoisotopic (exact) mass is 488 g/mol. The van der Waals surface area contributed by atoms with Crippen molar-refractivity contribution in [2.24, 2.45) is 4.99 Å². The zero-order valence-corrected chi connectivity index (χ0v) is 19.7. The lowest BCUT2D eigenvalue weighted by molar-refractivity contribution is -0.141. The van der Waals surface area contributed by atoms with Crippen molar-refractivity contribution >= 4 is 39.4 Å². The van der Waals surface area contributed by atoms with E-state index >= 15 is 0 Å². The number of para-hydroxylation sites is 2. The van der Waals surface area contributed by atoms with E-state index in [1.807, 2.05) is 48.5 Å². The molecule has 0 bridgehead atoms. The van der Waals surface area contributed by atoms with E-state index in [4.69, 9.17) is 14.2 Å². The van der Waals surface area contributed by atoms with Crippen molar-refractivity contribution < 1.29 is 28.6 Å². The third-order valence-electron chi connectivity index (χ3n) is 5.75. The SMILES string of the molecule is COC(=O)Cn1c(=NC(=O)C2c3ccccc3Oc3ccccc32)sc2cc(C(=O)OC)ccc21. The topological polar surface area (TPSA) is 96.2 Å². The largest absolute Gasteiger partial charge is 0.468 e. The molecule has 8 nitrogen and oxygen atoms in total. The van der Waals surface area contributed by atoms with Crippen molar-refractivity contribution in [3.8, 4) is 11.5 Å². The van der Waals surface area contributed by atoms with E-state index < -0.39 is 23.8 Å². The van der Waals surface area contributed by atoms with Crippen LogP contribution in [0.3, 0.4) is 0 Å². The number of rotatable bonds is 4. The van der Waals surface area contributed by atoms with Gasteiger partial charge in [-0.2, -0.15) is 4.99 Å². The number of hydrogen-bond donors (Lipinski definition) is 0. The fraction of sp³-hybridized carbons (Fsp3) is 0.154. The van der Waals surface area contributed by atoms with Crippen molar-refractivity contribution in [3.63, 3.8) is 0 Å². The molecule has 2 heterocycles. The highest BCUT2D eigenvalue weighted by Crippen LogP contribution is 2.44.